The van der Waals surface area contributed by atoms with Gasteiger partial charge in [0, 0.05) is 24.7 Å². The Bertz CT molecular complexity index is 512. The molecule has 102 valence electrons. The van der Waals surface area contributed by atoms with E-state index >= 15 is 0 Å². The zero-order chi connectivity index (χ0) is 14.0. The van der Waals surface area contributed by atoms with E-state index in [1.54, 1.807) is 18.2 Å². The molecule has 1 aromatic carbocycles. The minimum atomic E-state index is -1.03. The number of aryl methyl sites for hydroxylation is 1. The summed E-state index contributed by atoms with van der Waals surface area (Å²) in [4.78, 5) is 22.3. The van der Waals surface area contributed by atoms with E-state index in [1.165, 1.54) is 6.92 Å². The van der Waals surface area contributed by atoms with Crippen LogP contribution in [0.5, 0.6) is 0 Å². The first-order chi connectivity index (χ1) is 8.99. The molecule has 0 bridgehead atoms. The third kappa shape index (κ3) is 3.23. The molecule has 2 N–H and O–H groups in total. The van der Waals surface area contributed by atoms with Gasteiger partial charge in [0.05, 0.1) is 6.10 Å². The minimum absolute atomic E-state index is 0.0919. The van der Waals surface area contributed by atoms with Crippen molar-refractivity contribution < 1.29 is 19.8 Å². The maximum absolute atomic E-state index is 11.5. The highest BCUT2D eigenvalue weighted by Gasteiger charge is 2.23. The van der Waals surface area contributed by atoms with Crippen molar-refractivity contribution in [3.8, 4) is 0 Å². The van der Waals surface area contributed by atoms with Crippen molar-refractivity contribution in [3.05, 3.63) is 34.9 Å². The SMILES string of the molecule is CC(=O)SCC(O)C(O)c1ccc2c(c1)CCC2=O. The van der Waals surface area contributed by atoms with Gasteiger partial charge in [0.15, 0.2) is 10.9 Å². The van der Waals surface area contributed by atoms with E-state index < -0.39 is 12.2 Å². The summed E-state index contributed by atoms with van der Waals surface area (Å²) in [6, 6.07) is 5.13. The number of benzene rings is 1. The molecule has 0 heterocycles. The Balaban J connectivity index is 2.09. The number of hydrogen-bond acceptors (Lipinski definition) is 5. The summed E-state index contributed by atoms with van der Waals surface area (Å²) in [5.74, 6) is 0.288. The van der Waals surface area contributed by atoms with Gasteiger partial charge in [-0.05, 0) is 17.5 Å². The number of ketones is 1. The smallest absolute Gasteiger partial charge is 0.185 e. The van der Waals surface area contributed by atoms with E-state index in [-0.39, 0.29) is 16.7 Å². The van der Waals surface area contributed by atoms with Crippen LogP contribution in [0.25, 0.3) is 0 Å². The number of carbonyl (C=O) groups excluding carboxylic acids is 2. The molecule has 2 atom stereocenters. The van der Waals surface area contributed by atoms with Gasteiger partial charge < -0.3 is 10.2 Å². The van der Waals surface area contributed by atoms with E-state index in [0.29, 0.717) is 24.0 Å². The van der Waals surface area contributed by atoms with Gasteiger partial charge in [-0.3, -0.25) is 9.59 Å². The fraction of sp³-hybridized carbons (Fsp3) is 0.429. The predicted molar refractivity (Wildman–Crippen MR) is 73.2 cm³/mol. The third-order valence-corrected chi connectivity index (χ3v) is 4.13. The second-order valence-corrected chi connectivity index (χ2v) is 5.85. The fourth-order valence-corrected chi connectivity index (χ4v) is 2.76. The lowest BCUT2D eigenvalue weighted by Crippen LogP contribution is -2.21. The maximum Gasteiger partial charge on any atom is 0.185 e. The van der Waals surface area contributed by atoms with E-state index in [4.69, 9.17) is 0 Å². The number of aliphatic hydroxyl groups excluding tert-OH is 2. The number of hydrogen-bond donors (Lipinski definition) is 2. The van der Waals surface area contributed by atoms with Crippen molar-refractivity contribution in [3.63, 3.8) is 0 Å². The average Bonchev–Trinajstić information content (AvgIpc) is 2.76. The Hall–Kier alpha value is -1.17. The van der Waals surface area contributed by atoms with E-state index in [1.807, 2.05) is 0 Å². The second-order valence-electron chi connectivity index (χ2n) is 4.65. The van der Waals surface area contributed by atoms with Gasteiger partial charge in [0.1, 0.15) is 6.10 Å². The second kappa shape index (κ2) is 5.86. The highest BCUT2D eigenvalue weighted by atomic mass is 32.2. The highest BCUT2D eigenvalue weighted by molar-refractivity contribution is 8.13. The minimum Gasteiger partial charge on any atom is -0.389 e. The van der Waals surface area contributed by atoms with Crippen molar-refractivity contribution in [2.75, 3.05) is 5.75 Å². The molecule has 5 heteroatoms. The molecule has 0 radical (unpaired) electrons. The van der Waals surface area contributed by atoms with Crippen LogP contribution in [0.15, 0.2) is 18.2 Å². The molecular weight excluding hydrogens is 264 g/mol. The summed E-state index contributed by atoms with van der Waals surface area (Å²) in [7, 11) is 0. The normalized spacial score (nSPS) is 17.1. The molecule has 2 unspecified atom stereocenters. The Morgan fingerprint density at radius 2 is 2.11 bits per heavy atom. The Morgan fingerprint density at radius 1 is 1.37 bits per heavy atom. The topological polar surface area (TPSA) is 74.6 Å². The molecule has 0 aromatic heterocycles. The largest absolute Gasteiger partial charge is 0.389 e. The van der Waals surface area contributed by atoms with Gasteiger partial charge >= 0.3 is 0 Å². The zero-order valence-electron chi connectivity index (χ0n) is 10.6. The van der Waals surface area contributed by atoms with Crippen LogP contribution in [0.3, 0.4) is 0 Å². The molecule has 1 aromatic rings. The molecule has 1 aliphatic rings. The van der Waals surface area contributed by atoms with E-state index in [9.17, 15) is 19.8 Å². The lowest BCUT2D eigenvalue weighted by Gasteiger charge is -2.18. The molecule has 0 amide bonds. The Labute approximate surface area is 115 Å². The number of carbonyl (C=O) groups is 2. The van der Waals surface area contributed by atoms with Crippen molar-refractivity contribution in [2.24, 2.45) is 0 Å². The summed E-state index contributed by atoms with van der Waals surface area (Å²) >= 11 is 0.985. The number of aliphatic hydroxyl groups is 2. The van der Waals surface area contributed by atoms with Gasteiger partial charge in [-0.1, -0.05) is 30.0 Å². The lowest BCUT2D eigenvalue weighted by molar-refractivity contribution is -0.109. The molecule has 0 saturated heterocycles. The van der Waals surface area contributed by atoms with Gasteiger partial charge in [-0.15, -0.1) is 0 Å². The van der Waals surface area contributed by atoms with E-state index in [2.05, 4.69) is 0 Å². The first-order valence-electron chi connectivity index (χ1n) is 6.14. The predicted octanol–water partition coefficient (Wildman–Crippen LogP) is 1.49. The van der Waals surface area contributed by atoms with Gasteiger partial charge in [-0.25, -0.2) is 0 Å². The third-order valence-electron chi connectivity index (χ3n) is 3.21. The average molecular weight is 280 g/mol. The summed E-state index contributed by atoms with van der Waals surface area (Å²) in [5.41, 5.74) is 2.22. The molecule has 1 aliphatic carbocycles. The van der Waals surface area contributed by atoms with Gasteiger partial charge in [-0.2, -0.15) is 0 Å². The van der Waals surface area contributed by atoms with Crippen molar-refractivity contribution in [2.45, 2.75) is 32.0 Å². The van der Waals surface area contributed by atoms with Crippen LogP contribution >= 0.6 is 11.8 Å². The van der Waals surface area contributed by atoms with Crippen LogP contribution in [0.1, 0.15) is 40.9 Å². The first-order valence-corrected chi connectivity index (χ1v) is 7.13. The van der Waals surface area contributed by atoms with E-state index in [0.717, 1.165) is 17.3 Å². The van der Waals surface area contributed by atoms with Crippen LogP contribution in [-0.2, 0) is 11.2 Å². The number of fused-ring (bicyclic) bond motifs is 1. The maximum atomic E-state index is 11.5. The summed E-state index contributed by atoms with van der Waals surface area (Å²) in [5, 5.41) is 19.8. The quantitative estimate of drug-likeness (QED) is 0.874. The highest BCUT2D eigenvalue weighted by Crippen LogP contribution is 2.27. The number of thioether (sulfide) groups is 1. The molecule has 0 spiro atoms. The molecule has 0 fully saturated rings. The van der Waals surface area contributed by atoms with Crippen LogP contribution in [-0.4, -0.2) is 33.0 Å². The summed E-state index contributed by atoms with van der Waals surface area (Å²) < 4.78 is 0. The van der Waals surface area contributed by atoms with Crippen LogP contribution < -0.4 is 0 Å². The fourth-order valence-electron chi connectivity index (χ4n) is 2.18. The van der Waals surface area contributed by atoms with Crippen LogP contribution in [0.4, 0.5) is 0 Å². The van der Waals surface area contributed by atoms with Crippen molar-refractivity contribution >= 4 is 22.7 Å². The standard InChI is InChI=1S/C14H16O4S/c1-8(15)19-7-13(17)14(18)10-2-4-11-9(6-10)3-5-12(11)16/h2,4,6,13-14,17-18H,3,5,7H2,1H3. The van der Waals surface area contributed by atoms with Crippen LogP contribution in [0.2, 0.25) is 0 Å². The molecular formula is C14H16O4S. The lowest BCUT2D eigenvalue weighted by atomic mass is 10.00. The number of rotatable bonds is 4. The zero-order valence-corrected chi connectivity index (χ0v) is 11.4. The van der Waals surface area contributed by atoms with Gasteiger partial charge in [0.25, 0.3) is 0 Å². The van der Waals surface area contributed by atoms with Crippen molar-refractivity contribution in [1.29, 1.82) is 0 Å². The number of Topliss-reactive ketones (excluding diaryl/α,β-unsaturated/α-hetero) is 1. The molecule has 2 rings (SSSR count). The Morgan fingerprint density at radius 3 is 2.79 bits per heavy atom. The van der Waals surface area contributed by atoms with Crippen LogP contribution in [0, 0.1) is 0 Å². The summed E-state index contributed by atoms with van der Waals surface area (Å²) in [6.45, 7) is 1.42. The molecule has 19 heavy (non-hydrogen) atoms. The Kier molecular flexibility index (Phi) is 4.39. The first kappa shape index (κ1) is 14.2. The summed E-state index contributed by atoms with van der Waals surface area (Å²) in [6.07, 6.45) is -0.832. The van der Waals surface area contributed by atoms with Crippen molar-refractivity contribution in [1.82, 2.24) is 0 Å². The molecule has 0 aliphatic heterocycles. The monoisotopic (exact) mass is 280 g/mol. The van der Waals surface area contributed by atoms with Gasteiger partial charge in [0.2, 0.25) is 0 Å². The molecule has 4 nitrogen and oxygen atoms in total. The molecule has 0 saturated carbocycles.